The summed E-state index contributed by atoms with van der Waals surface area (Å²) in [6, 6.07) is 5.85. The average molecular weight is 326 g/mol. The Bertz CT molecular complexity index is 1080. The molecule has 2 aromatic carbocycles. The minimum Gasteiger partial charge on any atom is -0.508 e. The van der Waals surface area contributed by atoms with Crippen molar-refractivity contribution in [3.63, 3.8) is 0 Å². The third-order valence-corrected chi connectivity index (χ3v) is 4.91. The lowest BCUT2D eigenvalue weighted by Crippen LogP contribution is -2.30. The number of hydrogen-bond donors (Lipinski definition) is 2. The molecule has 1 saturated heterocycles. The van der Waals surface area contributed by atoms with E-state index in [-0.39, 0.29) is 39.6 Å². The van der Waals surface area contributed by atoms with E-state index in [2.05, 4.69) is 0 Å². The molecule has 2 atom stereocenters. The number of rotatable bonds is 1. The van der Waals surface area contributed by atoms with Gasteiger partial charge in [-0.3, -0.25) is 4.79 Å². The normalized spacial score (nSPS) is 25.0. The quantitative estimate of drug-likeness (QED) is 0.527. The van der Waals surface area contributed by atoms with Crippen molar-refractivity contribution >= 4 is 21.9 Å². The molecule has 24 heavy (non-hydrogen) atoms. The second-order valence-corrected chi connectivity index (χ2v) is 6.60. The molecule has 2 aliphatic rings. The van der Waals surface area contributed by atoms with Crippen LogP contribution in [0.5, 0.6) is 17.2 Å². The molecular weight excluding hydrogens is 312 g/mol. The van der Waals surface area contributed by atoms with E-state index in [1.165, 1.54) is 6.07 Å². The largest absolute Gasteiger partial charge is 0.508 e. The fraction of sp³-hybridized carbons (Fsp3) is 0.278. The van der Waals surface area contributed by atoms with E-state index >= 15 is 0 Å². The minimum atomic E-state index is -0.330. The van der Waals surface area contributed by atoms with Gasteiger partial charge < -0.3 is 24.1 Å². The van der Waals surface area contributed by atoms with Gasteiger partial charge in [0, 0.05) is 24.1 Å². The number of phenols is 2. The first kappa shape index (κ1) is 13.7. The van der Waals surface area contributed by atoms with Crippen molar-refractivity contribution < 1.29 is 24.1 Å². The first-order valence-corrected chi connectivity index (χ1v) is 7.71. The number of ether oxygens (including phenoxy) is 2. The van der Waals surface area contributed by atoms with E-state index in [1.807, 2.05) is 6.92 Å². The summed E-state index contributed by atoms with van der Waals surface area (Å²) in [6.07, 6.45) is 0.472. The fourth-order valence-electron chi connectivity index (χ4n) is 3.37. The lowest BCUT2D eigenvalue weighted by Gasteiger charge is -2.13. The van der Waals surface area contributed by atoms with Crippen molar-refractivity contribution in [2.45, 2.75) is 25.0 Å². The topological polar surface area (TPSA) is 92.4 Å². The summed E-state index contributed by atoms with van der Waals surface area (Å²) < 4.78 is 17.3. The van der Waals surface area contributed by atoms with Gasteiger partial charge in [0.25, 0.3) is 0 Å². The predicted octanol–water partition coefficient (Wildman–Crippen LogP) is 2.45. The molecule has 3 heterocycles. The number of epoxide rings is 1. The van der Waals surface area contributed by atoms with Gasteiger partial charge in [-0.05, 0) is 19.1 Å². The number of benzene rings is 2. The molecule has 1 fully saturated rings. The molecule has 3 aromatic rings. The van der Waals surface area contributed by atoms with E-state index in [0.29, 0.717) is 29.7 Å². The molecule has 0 spiro atoms. The van der Waals surface area contributed by atoms with Gasteiger partial charge in [-0.25, -0.2) is 0 Å². The molecule has 2 N–H and O–H groups in total. The molecule has 1 aromatic heterocycles. The van der Waals surface area contributed by atoms with Crippen LogP contribution in [0.25, 0.3) is 21.9 Å². The Kier molecular flexibility index (Phi) is 2.40. The second kappa shape index (κ2) is 4.21. The molecule has 2 aliphatic heterocycles. The zero-order chi connectivity index (χ0) is 16.6. The van der Waals surface area contributed by atoms with E-state index in [0.717, 1.165) is 11.6 Å². The Morgan fingerprint density at radius 3 is 2.79 bits per heavy atom. The summed E-state index contributed by atoms with van der Waals surface area (Å²) >= 11 is 0. The van der Waals surface area contributed by atoms with E-state index in [1.54, 1.807) is 12.1 Å². The molecule has 6 heteroatoms. The summed E-state index contributed by atoms with van der Waals surface area (Å²) in [6.45, 7) is 2.64. The van der Waals surface area contributed by atoms with Crippen molar-refractivity contribution in [2.75, 3.05) is 6.61 Å². The third kappa shape index (κ3) is 1.71. The molecule has 122 valence electrons. The van der Waals surface area contributed by atoms with Crippen molar-refractivity contribution in [1.29, 1.82) is 0 Å². The number of phenolic OH excluding ortho intramolecular Hbond substituents is 2. The van der Waals surface area contributed by atoms with Gasteiger partial charge >= 0.3 is 0 Å². The lowest BCUT2D eigenvalue weighted by atomic mass is 9.99. The molecule has 0 unspecified atom stereocenters. The van der Waals surface area contributed by atoms with Crippen LogP contribution in [0.2, 0.25) is 0 Å². The van der Waals surface area contributed by atoms with Crippen molar-refractivity contribution in [2.24, 2.45) is 0 Å². The van der Waals surface area contributed by atoms with E-state index in [4.69, 9.17) is 13.9 Å². The Labute approximate surface area is 135 Å². The zero-order valence-electron chi connectivity index (χ0n) is 12.8. The van der Waals surface area contributed by atoms with Gasteiger partial charge in [0.2, 0.25) is 5.43 Å². The summed E-state index contributed by atoms with van der Waals surface area (Å²) in [5.74, 6) is 0.216. The van der Waals surface area contributed by atoms with Crippen molar-refractivity contribution in [3.8, 4) is 17.2 Å². The average Bonchev–Trinajstić information content (AvgIpc) is 3.11. The fourth-order valence-corrected chi connectivity index (χ4v) is 3.37. The maximum absolute atomic E-state index is 12.7. The number of fused-ring (bicyclic) bond motifs is 4. The van der Waals surface area contributed by atoms with Crippen LogP contribution in [0, 0.1) is 0 Å². The summed E-state index contributed by atoms with van der Waals surface area (Å²) in [5.41, 5.74) is 0.774. The van der Waals surface area contributed by atoms with Gasteiger partial charge in [0.1, 0.15) is 45.5 Å². The van der Waals surface area contributed by atoms with Crippen molar-refractivity contribution in [1.82, 2.24) is 0 Å². The lowest BCUT2D eigenvalue weighted by molar-refractivity contribution is 0.127. The monoisotopic (exact) mass is 326 g/mol. The SMILES string of the molecule is C[C@@]1([C@H]2Cc3c(ccc4c(=O)c5c(O)cc(O)cc5oc34)O2)CO1. The Balaban J connectivity index is 1.80. The van der Waals surface area contributed by atoms with Gasteiger partial charge in [-0.2, -0.15) is 0 Å². The van der Waals surface area contributed by atoms with Gasteiger partial charge in [-0.15, -0.1) is 0 Å². The summed E-state index contributed by atoms with van der Waals surface area (Å²) in [5, 5.41) is 20.1. The van der Waals surface area contributed by atoms with Gasteiger partial charge in [0.05, 0.1) is 12.0 Å². The van der Waals surface area contributed by atoms with Gasteiger partial charge in [0.15, 0.2) is 0 Å². The summed E-state index contributed by atoms with van der Waals surface area (Å²) in [7, 11) is 0. The Hall–Kier alpha value is -2.73. The molecule has 0 bridgehead atoms. The van der Waals surface area contributed by atoms with Crippen LogP contribution in [-0.2, 0) is 11.2 Å². The minimum absolute atomic E-state index is 0.0632. The van der Waals surface area contributed by atoms with Crippen LogP contribution in [-0.4, -0.2) is 28.5 Å². The third-order valence-electron chi connectivity index (χ3n) is 4.91. The van der Waals surface area contributed by atoms with Crippen LogP contribution in [0.4, 0.5) is 0 Å². The molecule has 6 nitrogen and oxygen atoms in total. The Morgan fingerprint density at radius 2 is 2.04 bits per heavy atom. The van der Waals surface area contributed by atoms with Crippen LogP contribution in [0.3, 0.4) is 0 Å². The van der Waals surface area contributed by atoms with Gasteiger partial charge in [-0.1, -0.05) is 0 Å². The van der Waals surface area contributed by atoms with Crippen LogP contribution >= 0.6 is 0 Å². The molecule has 5 rings (SSSR count). The Morgan fingerprint density at radius 1 is 1.25 bits per heavy atom. The highest BCUT2D eigenvalue weighted by Gasteiger charge is 2.51. The van der Waals surface area contributed by atoms with Crippen LogP contribution in [0.15, 0.2) is 33.5 Å². The highest BCUT2D eigenvalue weighted by Crippen LogP contribution is 2.43. The second-order valence-electron chi connectivity index (χ2n) is 6.60. The predicted molar refractivity (Wildman–Crippen MR) is 85.8 cm³/mol. The van der Waals surface area contributed by atoms with Crippen LogP contribution in [0.1, 0.15) is 12.5 Å². The molecule has 0 radical (unpaired) electrons. The maximum Gasteiger partial charge on any atom is 0.204 e. The van der Waals surface area contributed by atoms with E-state index < -0.39 is 0 Å². The summed E-state index contributed by atoms with van der Waals surface area (Å²) in [4.78, 5) is 12.7. The highest BCUT2D eigenvalue weighted by molar-refractivity contribution is 5.95. The first-order valence-electron chi connectivity index (χ1n) is 7.71. The standard InChI is InChI=1S/C18H14O6/c1-18(7-22-18)14-6-10-12(23-14)3-2-9-16(21)15-11(20)4-8(19)5-13(15)24-17(9)10/h2-5,14,19-20H,6-7H2,1H3/t14-,18+/m1/s1. The smallest absolute Gasteiger partial charge is 0.204 e. The molecule has 0 aliphatic carbocycles. The highest BCUT2D eigenvalue weighted by atomic mass is 16.6. The first-order chi connectivity index (χ1) is 11.5. The van der Waals surface area contributed by atoms with Crippen molar-refractivity contribution in [3.05, 3.63) is 40.1 Å². The zero-order valence-corrected chi connectivity index (χ0v) is 12.8. The maximum atomic E-state index is 12.7. The number of aromatic hydroxyl groups is 2. The molecular formula is C18H14O6. The molecule has 0 saturated carbocycles. The van der Waals surface area contributed by atoms with Crippen LogP contribution < -0.4 is 10.2 Å². The van der Waals surface area contributed by atoms with E-state index in [9.17, 15) is 15.0 Å². The molecule has 0 amide bonds. The number of hydrogen-bond acceptors (Lipinski definition) is 6.